The first kappa shape index (κ1) is 12.9. The van der Waals surface area contributed by atoms with Gasteiger partial charge in [-0.25, -0.2) is 4.39 Å². The summed E-state index contributed by atoms with van der Waals surface area (Å²) in [4.78, 5) is 12.1. The van der Waals surface area contributed by atoms with Crippen LogP contribution in [0.15, 0.2) is 24.3 Å². The van der Waals surface area contributed by atoms with Gasteiger partial charge in [-0.1, -0.05) is 26.0 Å². The maximum atomic E-state index is 12.8. The quantitative estimate of drug-likeness (QED) is 0.758. The zero-order chi connectivity index (χ0) is 12.3. The number of carbonyl (C=O) groups is 1. The molecule has 1 aromatic rings. The molecule has 0 fully saturated rings. The van der Waals surface area contributed by atoms with Gasteiger partial charge in [0.1, 0.15) is 11.6 Å². The number of Topliss-reactive ketones (excluding diaryl/α,β-unsaturated/α-hetero) is 1. The fourth-order valence-corrected chi connectivity index (χ4v) is 1.65. The molecule has 0 amide bonds. The van der Waals surface area contributed by atoms with Gasteiger partial charge in [-0.3, -0.25) is 4.79 Å². The molecule has 1 rings (SSSR count). The van der Waals surface area contributed by atoms with Crippen LogP contribution in [-0.4, -0.2) is 5.78 Å². The molecule has 0 heterocycles. The molecule has 0 spiro atoms. The minimum atomic E-state index is -0.530. The van der Waals surface area contributed by atoms with Gasteiger partial charge in [-0.05, 0) is 37.5 Å². The van der Waals surface area contributed by atoms with E-state index in [1.54, 1.807) is 12.1 Å². The maximum Gasteiger partial charge on any atom is 0.143 e. The molecule has 0 saturated heterocycles. The van der Waals surface area contributed by atoms with E-state index < -0.39 is 5.41 Å². The molecule has 0 aliphatic heterocycles. The number of hydrogen-bond donors (Lipinski definition) is 0. The molecule has 0 aliphatic carbocycles. The second kappa shape index (κ2) is 4.77. The first-order valence-electron chi connectivity index (χ1n) is 5.63. The third-order valence-corrected chi connectivity index (χ3v) is 2.86. The molecule has 0 saturated carbocycles. The topological polar surface area (TPSA) is 17.1 Å². The Labute approximate surface area is 96.7 Å². The third kappa shape index (κ3) is 2.91. The standard InChI is InChI=1S/C14H19FO/c1-10(2)9-13(16)14(3,4)11-5-7-12(15)8-6-11/h5-8,10H,9H2,1-4H3. The van der Waals surface area contributed by atoms with Crippen LogP contribution in [0.5, 0.6) is 0 Å². The maximum absolute atomic E-state index is 12.8. The van der Waals surface area contributed by atoms with E-state index in [2.05, 4.69) is 0 Å². The van der Waals surface area contributed by atoms with Crippen LogP contribution < -0.4 is 0 Å². The summed E-state index contributed by atoms with van der Waals surface area (Å²) in [5, 5.41) is 0. The molecule has 0 unspecified atom stereocenters. The van der Waals surface area contributed by atoms with Gasteiger partial charge in [-0.15, -0.1) is 0 Å². The molecule has 16 heavy (non-hydrogen) atoms. The number of benzene rings is 1. The average molecular weight is 222 g/mol. The van der Waals surface area contributed by atoms with Crippen LogP contribution in [0.2, 0.25) is 0 Å². The van der Waals surface area contributed by atoms with Gasteiger partial charge < -0.3 is 0 Å². The van der Waals surface area contributed by atoms with Gasteiger partial charge in [0, 0.05) is 11.8 Å². The van der Waals surface area contributed by atoms with Crippen molar-refractivity contribution >= 4 is 5.78 Å². The highest BCUT2D eigenvalue weighted by Crippen LogP contribution is 2.27. The van der Waals surface area contributed by atoms with Crippen LogP contribution >= 0.6 is 0 Å². The Bertz CT molecular complexity index is 363. The lowest BCUT2D eigenvalue weighted by Gasteiger charge is -2.24. The van der Waals surface area contributed by atoms with E-state index in [4.69, 9.17) is 0 Å². The normalized spacial score (nSPS) is 11.9. The zero-order valence-electron chi connectivity index (χ0n) is 10.4. The number of halogens is 1. The van der Waals surface area contributed by atoms with E-state index in [0.717, 1.165) is 5.56 Å². The van der Waals surface area contributed by atoms with Gasteiger partial charge in [0.25, 0.3) is 0 Å². The highest BCUT2D eigenvalue weighted by molar-refractivity contribution is 5.89. The lowest BCUT2D eigenvalue weighted by Crippen LogP contribution is -2.29. The molecule has 2 heteroatoms. The minimum absolute atomic E-state index is 0.203. The molecule has 0 N–H and O–H groups in total. The Kier molecular flexibility index (Phi) is 3.84. The van der Waals surface area contributed by atoms with E-state index in [-0.39, 0.29) is 11.6 Å². The highest BCUT2D eigenvalue weighted by atomic mass is 19.1. The molecule has 1 aromatic carbocycles. The number of hydrogen-bond acceptors (Lipinski definition) is 1. The Morgan fingerprint density at radius 1 is 1.25 bits per heavy atom. The Hall–Kier alpha value is -1.18. The summed E-state index contributed by atoms with van der Waals surface area (Å²) >= 11 is 0. The van der Waals surface area contributed by atoms with Gasteiger partial charge >= 0.3 is 0 Å². The van der Waals surface area contributed by atoms with Crippen LogP contribution in [0.3, 0.4) is 0 Å². The summed E-state index contributed by atoms with van der Waals surface area (Å²) in [6.07, 6.45) is 0.560. The van der Waals surface area contributed by atoms with Gasteiger partial charge in [0.2, 0.25) is 0 Å². The highest BCUT2D eigenvalue weighted by Gasteiger charge is 2.29. The molecule has 0 radical (unpaired) electrons. The lowest BCUT2D eigenvalue weighted by molar-refractivity contribution is -0.124. The van der Waals surface area contributed by atoms with Crippen molar-refractivity contribution in [2.45, 2.75) is 39.5 Å². The van der Waals surface area contributed by atoms with Gasteiger partial charge in [0.15, 0.2) is 0 Å². The van der Waals surface area contributed by atoms with E-state index >= 15 is 0 Å². The van der Waals surface area contributed by atoms with Crippen molar-refractivity contribution in [3.8, 4) is 0 Å². The second-order valence-corrected chi connectivity index (χ2v) is 5.15. The van der Waals surface area contributed by atoms with Gasteiger partial charge in [0.05, 0.1) is 0 Å². The molecule has 0 atom stereocenters. The predicted octanol–water partition coefficient (Wildman–Crippen LogP) is 3.72. The van der Waals surface area contributed by atoms with Crippen molar-refractivity contribution in [2.75, 3.05) is 0 Å². The second-order valence-electron chi connectivity index (χ2n) is 5.15. The fourth-order valence-electron chi connectivity index (χ4n) is 1.65. The SMILES string of the molecule is CC(C)CC(=O)C(C)(C)c1ccc(F)cc1. The van der Waals surface area contributed by atoms with Crippen molar-refractivity contribution in [1.82, 2.24) is 0 Å². The van der Waals surface area contributed by atoms with Crippen LogP contribution in [0, 0.1) is 11.7 Å². The van der Waals surface area contributed by atoms with Crippen molar-refractivity contribution in [3.63, 3.8) is 0 Å². The number of ketones is 1. The fraction of sp³-hybridized carbons (Fsp3) is 0.500. The minimum Gasteiger partial charge on any atom is -0.299 e. The zero-order valence-corrected chi connectivity index (χ0v) is 10.4. The van der Waals surface area contributed by atoms with Crippen LogP contribution in [-0.2, 0) is 10.2 Å². The summed E-state index contributed by atoms with van der Waals surface area (Å²) in [5.41, 5.74) is 0.345. The molecule has 88 valence electrons. The van der Waals surface area contributed by atoms with E-state index in [1.807, 2.05) is 27.7 Å². The predicted molar refractivity (Wildman–Crippen MR) is 63.9 cm³/mol. The van der Waals surface area contributed by atoms with E-state index in [0.29, 0.717) is 12.3 Å². The summed E-state index contributed by atoms with van der Waals surface area (Å²) in [7, 11) is 0. The van der Waals surface area contributed by atoms with E-state index in [1.165, 1.54) is 12.1 Å². The van der Waals surface area contributed by atoms with Crippen molar-refractivity contribution in [3.05, 3.63) is 35.6 Å². The van der Waals surface area contributed by atoms with Gasteiger partial charge in [-0.2, -0.15) is 0 Å². The smallest absolute Gasteiger partial charge is 0.143 e. The molecule has 0 bridgehead atoms. The summed E-state index contributed by atoms with van der Waals surface area (Å²) < 4.78 is 12.8. The monoisotopic (exact) mass is 222 g/mol. The molecule has 0 aliphatic rings. The molecule has 1 nitrogen and oxygen atoms in total. The van der Waals surface area contributed by atoms with Crippen LogP contribution in [0.25, 0.3) is 0 Å². The Morgan fingerprint density at radius 3 is 2.19 bits per heavy atom. The largest absolute Gasteiger partial charge is 0.299 e. The molecular weight excluding hydrogens is 203 g/mol. The van der Waals surface area contributed by atoms with Crippen LogP contribution in [0.1, 0.15) is 39.7 Å². The molecular formula is C14H19FO. The Balaban J connectivity index is 2.92. The number of rotatable bonds is 4. The lowest BCUT2D eigenvalue weighted by atomic mass is 9.78. The summed E-state index contributed by atoms with van der Waals surface area (Å²) in [5.74, 6) is 0.289. The first-order valence-corrected chi connectivity index (χ1v) is 5.63. The van der Waals surface area contributed by atoms with Crippen LogP contribution in [0.4, 0.5) is 4.39 Å². The van der Waals surface area contributed by atoms with Crippen molar-refractivity contribution < 1.29 is 9.18 Å². The first-order chi connectivity index (χ1) is 7.34. The summed E-state index contributed by atoms with van der Waals surface area (Å²) in [6, 6.07) is 6.18. The molecule has 0 aromatic heterocycles. The Morgan fingerprint density at radius 2 is 1.75 bits per heavy atom. The van der Waals surface area contributed by atoms with Crippen molar-refractivity contribution in [1.29, 1.82) is 0 Å². The van der Waals surface area contributed by atoms with Crippen molar-refractivity contribution in [2.24, 2.45) is 5.92 Å². The number of carbonyl (C=O) groups excluding carboxylic acids is 1. The summed E-state index contributed by atoms with van der Waals surface area (Å²) in [6.45, 7) is 7.84. The third-order valence-electron chi connectivity index (χ3n) is 2.86. The van der Waals surface area contributed by atoms with E-state index in [9.17, 15) is 9.18 Å². The average Bonchev–Trinajstić information content (AvgIpc) is 2.17.